The lowest BCUT2D eigenvalue weighted by Gasteiger charge is -2.17. The zero-order valence-corrected chi connectivity index (χ0v) is 24.9. The molecule has 0 unspecified atom stereocenters. The molecule has 4 aromatic carbocycles. The fourth-order valence-corrected chi connectivity index (χ4v) is 7.35. The summed E-state index contributed by atoms with van der Waals surface area (Å²) >= 11 is 0. The second-order valence-electron chi connectivity index (χ2n) is 9.80. The lowest BCUT2D eigenvalue weighted by molar-refractivity contribution is -0.00459. The molecule has 0 N–H and O–H groups in total. The minimum Gasteiger partial charge on any atom is -0.378 e. The van der Waals surface area contributed by atoms with Crippen molar-refractivity contribution in [2.45, 2.75) is 9.79 Å². The number of nitrogens with zero attached hydrogens (tertiary/aromatic N) is 4. The fourth-order valence-electron chi connectivity index (χ4n) is 5.02. The molecule has 0 amide bonds. The highest BCUT2D eigenvalue weighted by molar-refractivity contribution is 7.87. The molecule has 14 heteroatoms. The van der Waals surface area contributed by atoms with Crippen molar-refractivity contribution in [3.63, 3.8) is 0 Å². The van der Waals surface area contributed by atoms with Crippen LogP contribution in [-0.4, -0.2) is 49.4 Å². The Morgan fingerprint density at radius 3 is 1.24 bits per heavy atom. The van der Waals surface area contributed by atoms with E-state index in [1.54, 1.807) is 12.1 Å². The molecule has 0 spiro atoms. The quantitative estimate of drug-likeness (QED) is 0.157. The molecule has 0 fully saturated rings. The molecule has 2 aliphatic rings. The predicted molar refractivity (Wildman–Crippen MR) is 164 cm³/mol. The maximum atomic E-state index is 13.6. The van der Waals surface area contributed by atoms with E-state index >= 15 is 0 Å². The fraction of sp³-hybridized carbons (Fsp3) is 0. The van der Waals surface area contributed by atoms with E-state index < -0.39 is 31.8 Å². The van der Waals surface area contributed by atoms with Crippen molar-refractivity contribution in [2.24, 2.45) is 0 Å². The molecule has 0 radical (unpaired) electrons. The van der Waals surface area contributed by atoms with Crippen LogP contribution in [0.3, 0.4) is 0 Å². The van der Waals surface area contributed by atoms with Crippen LogP contribution in [0.2, 0.25) is 0 Å². The average molecular weight is 651 g/mol. The molecule has 0 bridgehead atoms. The maximum Gasteiger partial charge on any atom is 0.362 e. The first-order chi connectivity index (χ1) is 22.1. The van der Waals surface area contributed by atoms with Gasteiger partial charge in [-0.1, -0.05) is 60.7 Å². The first kappa shape index (κ1) is 30.0. The Hall–Kier alpha value is -6.04. The second kappa shape index (κ2) is 11.5. The first-order valence-electron chi connectivity index (χ1n) is 13.3. The normalized spacial score (nSPS) is 13.8. The summed E-state index contributed by atoms with van der Waals surface area (Å²) in [5.41, 5.74) is 18.1. The average Bonchev–Trinajstić information content (AvgIpc) is 3.05. The molecule has 6 rings (SSSR count). The summed E-state index contributed by atoms with van der Waals surface area (Å²) in [7, 11) is -9.16. The highest BCUT2D eigenvalue weighted by Gasteiger charge is 2.33. The van der Waals surface area contributed by atoms with Crippen molar-refractivity contribution < 1.29 is 44.4 Å². The number of Topliss-reactive ketones (excluding diaryl/α,β-unsaturated/α-hetero) is 2. The van der Waals surface area contributed by atoms with Crippen molar-refractivity contribution in [1.82, 2.24) is 0 Å². The summed E-state index contributed by atoms with van der Waals surface area (Å²) in [6.45, 7) is 0. The van der Waals surface area contributed by atoms with Gasteiger partial charge < -0.3 is 19.4 Å². The van der Waals surface area contributed by atoms with Crippen LogP contribution in [0, 0.1) is 0 Å². The smallest absolute Gasteiger partial charge is 0.362 e. The number of hydrogen-bond donors (Lipinski definition) is 0. The molecular formula is C32H18N4O8S2. The van der Waals surface area contributed by atoms with Crippen molar-refractivity contribution >= 4 is 55.4 Å². The molecule has 0 saturated heterocycles. The standard InChI is InChI=1S/C32H18N4O8S2/c33-35-25-17-15-21-23(31(25)37)9-5-13-29(21)45(39,40)43-27-11-3-1-7-19(27)20-8-2-4-12-28(20)44-46(41,42)30-14-6-10-24-22(30)16-18-26(36-34)32(24)38/h1-18H. The molecule has 0 atom stereocenters. The molecule has 0 saturated carbocycles. The van der Waals surface area contributed by atoms with Crippen LogP contribution in [0.1, 0.15) is 31.8 Å². The number of ketones is 2. The molecule has 0 heterocycles. The highest BCUT2D eigenvalue weighted by atomic mass is 32.2. The van der Waals surface area contributed by atoms with Gasteiger partial charge in [0, 0.05) is 45.5 Å². The Bertz CT molecular complexity index is 2230. The molecular weight excluding hydrogens is 633 g/mol. The van der Waals surface area contributed by atoms with Gasteiger partial charge in [0.2, 0.25) is 0 Å². The Balaban J connectivity index is 1.38. The summed E-state index contributed by atoms with van der Waals surface area (Å²) in [5.74, 6) is -1.69. The van der Waals surface area contributed by atoms with E-state index in [9.17, 15) is 26.4 Å². The number of carbonyl (C=O) groups excluding carboxylic acids is 2. The van der Waals surface area contributed by atoms with Gasteiger partial charge in [0.1, 0.15) is 9.79 Å². The Labute approximate surface area is 262 Å². The van der Waals surface area contributed by atoms with Crippen LogP contribution in [0.4, 0.5) is 0 Å². The maximum absolute atomic E-state index is 13.6. The van der Waals surface area contributed by atoms with Crippen molar-refractivity contribution in [3.05, 3.63) is 130 Å². The van der Waals surface area contributed by atoms with Gasteiger partial charge in [-0.2, -0.15) is 26.4 Å². The van der Waals surface area contributed by atoms with Gasteiger partial charge in [0.25, 0.3) is 11.6 Å². The van der Waals surface area contributed by atoms with E-state index in [0.717, 1.165) is 0 Å². The van der Waals surface area contributed by atoms with Crippen LogP contribution in [0.15, 0.2) is 107 Å². The van der Waals surface area contributed by atoms with Crippen molar-refractivity contribution in [3.8, 4) is 22.6 Å². The Morgan fingerprint density at radius 1 is 0.478 bits per heavy atom. The molecule has 2 aliphatic carbocycles. The number of rotatable bonds is 7. The van der Waals surface area contributed by atoms with Gasteiger partial charge >= 0.3 is 31.7 Å². The number of hydrogen-bond acceptors (Lipinski definition) is 8. The summed E-state index contributed by atoms with van der Waals surface area (Å²) in [6, 6.07) is 20.0. The van der Waals surface area contributed by atoms with Crippen LogP contribution in [0.25, 0.3) is 34.3 Å². The molecule has 46 heavy (non-hydrogen) atoms. The minimum absolute atomic E-state index is 0.00303. The summed E-state index contributed by atoms with van der Waals surface area (Å²) in [5, 5.41) is 0. The summed E-state index contributed by atoms with van der Waals surface area (Å²) < 4.78 is 65.5. The van der Waals surface area contributed by atoms with E-state index in [1.807, 2.05) is 0 Å². The van der Waals surface area contributed by atoms with Crippen molar-refractivity contribution in [2.75, 3.05) is 0 Å². The van der Waals surface area contributed by atoms with Gasteiger partial charge in [-0.3, -0.25) is 9.59 Å². The number of benzene rings is 4. The van der Waals surface area contributed by atoms with Gasteiger partial charge in [0.15, 0.2) is 11.5 Å². The third-order valence-electron chi connectivity index (χ3n) is 7.12. The lowest BCUT2D eigenvalue weighted by atomic mass is 9.95. The molecule has 0 aromatic heterocycles. The monoisotopic (exact) mass is 650 g/mol. The molecule has 0 aliphatic heterocycles. The van der Waals surface area contributed by atoms with E-state index in [2.05, 4.69) is 9.58 Å². The van der Waals surface area contributed by atoms with Gasteiger partial charge in [-0.25, -0.2) is 0 Å². The third kappa shape index (κ3) is 5.19. The third-order valence-corrected chi connectivity index (χ3v) is 9.71. The number of fused-ring (bicyclic) bond motifs is 2. The zero-order chi connectivity index (χ0) is 32.6. The van der Waals surface area contributed by atoms with E-state index in [0.29, 0.717) is 0 Å². The first-order valence-corrected chi connectivity index (χ1v) is 16.1. The van der Waals surface area contributed by atoms with Crippen LogP contribution < -0.4 is 8.37 Å². The van der Waals surface area contributed by atoms with Crippen LogP contribution in [0.5, 0.6) is 11.5 Å². The van der Waals surface area contributed by atoms with Gasteiger partial charge in [-0.15, -0.1) is 0 Å². The minimum atomic E-state index is -4.58. The second-order valence-corrected chi connectivity index (χ2v) is 12.8. The van der Waals surface area contributed by atoms with E-state index in [1.165, 1.54) is 97.1 Å². The SMILES string of the molecule is [N-]=[N+]=C1C=Cc2c(cccc2S(=O)(=O)Oc2ccccc2-c2ccccc2OS(=O)(=O)c2cccc3c2C=CC(=[N+]=[N-])C3=O)C1=O. The number of carbonyl (C=O) groups is 2. The molecule has 4 aromatic rings. The number of para-hydroxylation sites is 2. The van der Waals surface area contributed by atoms with E-state index in [-0.39, 0.29) is 66.1 Å². The topological polar surface area (TPSA) is 194 Å². The Kier molecular flexibility index (Phi) is 7.48. The van der Waals surface area contributed by atoms with E-state index in [4.69, 9.17) is 19.4 Å². The largest absolute Gasteiger partial charge is 0.378 e. The van der Waals surface area contributed by atoms with Crippen LogP contribution >= 0.6 is 0 Å². The lowest BCUT2D eigenvalue weighted by Crippen LogP contribution is -2.21. The van der Waals surface area contributed by atoms with Gasteiger partial charge in [-0.05, 0) is 36.4 Å². The molecule has 12 nitrogen and oxygen atoms in total. The summed E-state index contributed by atoms with van der Waals surface area (Å²) in [4.78, 5) is 30.5. The predicted octanol–water partition coefficient (Wildman–Crippen LogP) is 4.65. The van der Waals surface area contributed by atoms with Crippen LogP contribution in [-0.2, 0) is 20.2 Å². The Morgan fingerprint density at radius 2 is 0.848 bits per heavy atom. The number of allylic oxidation sites excluding steroid dienone is 2. The zero-order valence-electron chi connectivity index (χ0n) is 23.3. The van der Waals surface area contributed by atoms with Crippen molar-refractivity contribution in [1.29, 1.82) is 0 Å². The highest BCUT2D eigenvalue weighted by Crippen LogP contribution is 2.39. The summed E-state index contributed by atoms with van der Waals surface area (Å²) in [6.07, 6.45) is 5.01. The van der Waals surface area contributed by atoms with Gasteiger partial charge in [0.05, 0.1) is 0 Å². The molecule has 226 valence electrons.